The van der Waals surface area contributed by atoms with E-state index >= 15 is 0 Å². The Morgan fingerprint density at radius 1 is 0.769 bits per heavy atom. The van der Waals surface area contributed by atoms with Crippen LogP contribution in [0, 0.1) is 25.2 Å². The van der Waals surface area contributed by atoms with E-state index in [-0.39, 0.29) is 44.7 Å². The average Bonchev–Trinajstić information content (AvgIpc) is 2.53. The molecule has 2 nitrogen and oxygen atoms in total. The molecular weight excluding hydrogens is 428 g/mol. The molecule has 0 N–H and O–H groups in total. The molecule has 0 aromatic rings. The van der Waals surface area contributed by atoms with Gasteiger partial charge in [-0.2, -0.15) is 18.8 Å². The molecule has 26 heavy (non-hydrogen) atoms. The maximum atomic E-state index is 5.20. The molecule has 0 radical (unpaired) electrons. The van der Waals surface area contributed by atoms with Crippen molar-refractivity contribution >= 4 is 16.5 Å². The van der Waals surface area contributed by atoms with Crippen molar-refractivity contribution in [2.24, 2.45) is 11.8 Å². The van der Waals surface area contributed by atoms with E-state index in [1.54, 1.807) is 5.92 Å². The first kappa shape index (κ1) is 29.4. The SMILES string of the molecule is C[C-]1C(C[Si](C)(C)[N-]C(C)(C)C)CCC1C[Si](C)(C)[N-]C(C)(C)C.[CH3-].[Zr+4]. The van der Waals surface area contributed by atoms with Crippen LogP contribution in [0.25, 0.3) is 9.96 Å². The summed E-state index contributed by atoms with van der Waals surface area (Å²) >= 11 is 0. The first-order chi connectivity index (χ1) is 10.5. The van der Waals surface area contributed by atoms with E-state index in [2.05, 4.69) is 74.7 Å². The summed E-state index contributed by atoms with van der Waals surface area (Å²) in [6, 6.07) is 2.68. The summed E-state index contributed by atoms with van der Waals surface area (Å²) < 4.78 is 0. The van der Waals surface area contributed by atoms with Crippen LogP contribution in [0.1, 0.15) is 61.3 Å². The van der Waals surface area contributed by atoms with Crippen molar-refractivity contribution in [2.45, 2.75) is 111 Å². The molecule has 0 saturated heterocycles. The van der Waals surface area contributed by atoms with Crippen LogP contribution in [-0.4, -0.2) is 27.5 Å². The molecule has 0 spiro atoms. The Morgan fingerprint density at radius 2 is 1.04 bits per heavy atom. The number of rotatable bonds is 6. The fourth-order valence-corrected chi connectivity index (χ4v) is 12.1. The number of hydrogen-bond acceptors (Lipinski definition) is 0. The van der Waals surface area contributed by atoms with Gasteiger partial charge in [0.1, 0.15) is 0 Å². The third-order valence-electron chi connectivity index (χ3n) is 4.92. The molecule has 0 aromatic carbocycles. The van der Waals surface area contributed by atoms with E-state index in [9.17, 15) is 0 Å². The molecule has 0 aliphatic heterocycles. The minimum absolute atomic E-state index is 0. The fourth-order valence-electron chi connectivity index (χ4n) is 4.83. The third kappa shape index (κ3) is 11.3. The third-order valence-corrected chi connectivity index (χ3v) is 10.5. The molecular formula is C21H46N2Si2Zr. The summed E-state index contributed by atoms with van der Waals surface area (Å²) in [7, 11) is -2.96. The zero-order valence-corrected chi connectivity index (χ0v) is 24.3. The minimum Gasteiger partial charge on any atom is -0.660 e. The molecule has 0 bridgehead atoms. The molecule has 0 amide bonds. The van der Waals surface area contributed by atoms with Crippen molar-refractivity contribution in [1.82, 2.24) is 0 Å². The largest absolute Gasteiger partial charge is 4.00 e. The van der Waals surface area contributed by atoms with Gasteiger partial charge in [-0.3, -0.25) is 0 Å². The van der Waals surface area contributed by atoms with E-state index in [0.717, 1.165) is 11.8 Å². The topological polar surface area (TPSA) is 28.2 Å². The second kappa shape index (κ2) is 10.3. The normalized spacial score (nSPS) is 22.7. The number of hydrogen-bond donors (Lipinski definition) is 0. The van der Waals surface area contributed by atoms with Gasteiger partial charge >= 0.3 is 26.2 Å². The van der Waals surface area contributed by atoms with Crippen molar-refractivity contribution in [3.8, 4) is 0 Å². The minimum atomic E-state index is -1.48. The van der Waals surface area contributed by atoms with Gasteiger partial charge in [0.15, 0.2) is 0 Å². The van der Waals surface area contributed by atoms with E-state index in [4.69, 9.17) is 9.96 Å². The monoisotopic (exact) mass is 472 g/mol. The van der Waals surface area contributed by atoms with Gasteiger partial charge < -0.3 is 23.3 Å². The summed E-state index contributed by atoms with van der Waals surface area (Å²) in [5, 5.41) is 0. The maximum absolute atomic E-state index is 5.20. The molecule has 152 valence electrons. The molecule has 1 fully saturated rings. The Morgan fingerprint density at radius 3 is 1.27 bits per heavy atom. The molecule has 0 aromatic heterocycles. The predicted molar refractivity (Wildman–Crippen MR) is 122 cm³/mol. The van der Waals surface area contributed by atoms with Crippen molar-refractivity contribution in [2.75, 3.05) is 0 Å². The van der Waals surface area contributed by atoms with Gasteiger partial charge in [0.05, 0.1) is 0 Å². The van der Waals surface area contributed by atoms with Crippen molar-refractivity contribution in [3.63, 3.8) is 0 Å². The van der Waals surface area contributed by atoms with Crippen LogP contribution in [0.2, 0.25) is 38.3 Å². The summed E-state index contributed by atoms with van der Waals surface area (Å²) in [5.41, 5.74) is 0.226. The molecule has 1 aliphatic rings. The smallest absolute Gasteiger partial charge is 0.660 e. The first-order valence-electron chi connectivity index (χ1n) is 9.81. The van der Waals surface area contributed by atoms with Crippen LogP contribution in [0.15, 0.2) is 0 Å². The summed E-state index contributed by atoms with van der Waals surface area (Å²) in [6.45, 7) is 25.7. The Kier molecular flexibility index (Phi) is 11.7. The molecule has 5 heteroatoms. The summed E-state index contributed by atoms with van der Waals surface area (Å²) in [5.74, 6) is 3.38. The molecule has 1 rings (SSSR count). The molecule has 0 heterocycles. The average molecular weight is 474 g/mol. The molecule has 1 saturated carbocycles. The van der Waals surface area contributed by atoms with Crippen LogP contribution in [0.4, 0.5) is 0 Å². The predicted octanol–water partition coefficient (Wildman–Crippen LogP) is 7.81. The Labute approximate surface area is 187 Å². The van der Waals surface area contributed by atoms with Crippen LogP contribution >= 0.6 is 0 Å². The zero-order valence-electron chi connectivity index (χ0n) is 19.9. The van der Waals surface area contributed by atoms with Crippen molar-refractivity contribution in [1.29, 1.82) is 0 Å². The van der Waals surface area contributed by atoms with E-state index in [1.807, 2.05) is 0 Å². The van der Waals surface area contributed by atoms with E-state index in [1.165, 1.54) is 24.9 Å². The van der Waals surface area contributed by atoms with Gasteiger partial charge in [0.25, 0.3) is 0 Å². The Balaban J connectivity index is 0. The summed E-state index contributed by atoms with van der Waals surface area (Å²) in [4.78, 5) is 10.4. The van der Waals surface area contributed by atoms with Crippen molar-refractivity contribution in [3.05, 3.63) is 23.3 Å². The Hall–Kier alpha value is 1.24. The standard InChI is InChI=1S/C20H43N2Si2.CH3.Zr/c1-16-17(14-23(8,9)21-19(2,3)4)12-13-18(16)15-24(10,11)22-20(5,6)7;;/h17-18H,12-15H2,1-11H3;1H3;/q-3;-1;+4. The quantitative estimate of drug-likeness (QED) is 0.278. The van der Waals surface area contributed by atoms with Crippen LogP contribution < -0.4 is 0 Å². The zero-order chi connectivity index (χ0) is 19.0. The van der Waals surface area contributed by atoms with Gasteiger partial charge in [-0.1, -0.05) is 109 Å². The Bertz CT molecular complexity index is 373. The van der Waals surface area contributed by atoms with Gasteiger partial charge in [-0.25, -0.2) is 0 Å². The van der Waals surface area contributed by atoms with Crippen molar-refractivity contribution < 1.29 is 26.2 Å². The van der Waals surface area contributed by atoms with E-state index < -0.39 is 16.5 Å². The summed E-state index contributed by atoms with van der Waals surface area (Å²) in [6.07, 6.45) is 2.76. The molecule has 2 atom stereocenters. The van der Waals surface area contributed by atoms with Crippen LogP contribution in [-0.2, 0) is 26.2 Å². The first-order valence-corrected chi connectivity index (χ1v) is 16.1. The van der Waals surface area contributed by atoms with Gasteiger partial charge in [-0.15, -0.1) is 11.1 Å². The second-order valence-corrected chi connectivity index (χ2v) is 19.8. The molecule has 2 unspecified atom stereocenters. The number of nitrogens with zero attached hydrogens (tertiary/aromatic N) is 2. The van der Waals surface area contributed by atoms with E-state index in [0.29, 0.717) is 0 Å². The fraction of sp³-hybridized carbons (Fsp3) is 0.905. The van der Waals surface area contributed by atoms with Crippen LogP contribution in [0.3, 0.4) is 0 Å². The second-order valence-electron chi connectivity index (χ2n) is 11.3. The van der Waals surface area contributed by atoms with Gasteiger partial charge in [-0.05, 0) is 0 Å². The van der Waals surface area contributed by atoms with Crippen LogP contribution in [0.5, 0.6) is 0 Å². The van der Waals surface area contributed by atoms with Gasteiger partial charge in [0, 0.05) is 0 Å². The van der Waals surface area contributed by atoms with Gasteiger partial charge in [0.2, 0.25) is 0 Å². The molecule has 1 aliphatic carbocycles. The maximum Gasteiger partial charge on any atom is 4.00 e.